The Kier molecular flexibility index (Phi) is 10.9. The summed E-state index contributed by atoms with van der Waals surface area (Å²) in [6.07, 6.45) is 5.85. The van der Waals surface area contributed by atoms with Crippen LogP contribution in [0.2, 0.25) is 0 Å². The number of hydrogen-bond donors (Lipinski definition) is 0. The van der Waals surface area contributed by atoms with Gasteiger partial charge in [-0.1, -0.05) is 208 Å². The minimum Gasteiger partial charge on any atom is -0.510 e. The maximum Gasteiger partial charge on any atom is 0.268 e. The second kappa shape index (κ2) is 18.4. The molecule has 0 saturated heterocycles. The van der Waals surface area contributed by atoms with E-state index >= 15 is 0 Å². The number of para-hydroxylation sites is 2. The number of rotatable bonds is 5. The number of imidazole rings is 1. The van der Waals surface area contributed by atoms with Crippen molar-refractivity contribution < 1.29 is 30.4 Å². The molecule has 3 aliphatic rings. The van der Waals surface area contributed by atoms with Gasteiger partial charge in [-0.05, 0) is 141 Å². The molecular weight excluding hydrogens is 1190 g/mol. The summed E-state index contributed by atoms with van der Waals surface area (Å²) in [4.78, 5) is 4.91. The molecule has 396 valence electrons. The van der Waals surface area contributed by atoms with Crippen LogP contribution in [0.4, 0.5) is 0 Å². The van der Waals surface area contributed by atoms with Crippen LogP contribution in [0.5, 0.6) is 11.5 Å². The second-order valence-corrected chi connectivity index (χ2v) is 23.0. The standard InChI is InChI=1S/C77H50N4O.Pt/c1-76(2,3)50-40-41-78-74(44-50)81-70-32-15-11-27-61(70)63-38-36-53(46-73(63)81)82-52-19-16-18-51(45-52)79-47-80-72-43-49(34-37-62(72)56-22-6-4-20-54(56)55-21-5-7-23-57(55)64-28-17-33-71(79)75(64)80)48-35-39-69-65(42-48)60-26-10-14-31-68(60)77(69)66-29-12-8-24-58(66)59-25-9-13-30-67(59)77;/h4-44H,1-3H3;/q-2;. The summed E-state index contributed by atoms with van der Waals surface area (Å²) in [5.41, 5.74) is 26.2. The summed E-state index contributed by atoms with van der Waals surface area (Å²) < 4.78 is 13.4. The molecule has 1 aliphatic heterocycles. The van der Waals surface area contributed by atoms with Gasteiger partial charge in [-0.15, -0.1) is 29.7 Å². The largest absolute Gasteiger partial charge is 0.510 e. The maximum atomic E-state index is 6.80. The molecule has 0 bridgehead atoms. The van der Waals surface area contributed by atoms with Crippen molar-refractivity contribution in [2.24, 2.45) is 0 Å². The van der Waals surface area contributed by atoms with E-state index < -0.39 is 5.41 Å². The molecular formula is C77H50N4OPt-2. The molecule has 0 atom stereocenters. The second-order valence-electron chi connectivity index (χ2n) is 23.0. The molecule has 14 aromatic rings. The van der Waals surface area contributed by atoms with E-state index in [-0.39, 0.29) is 26.5 Å². The number of fused-ring (bicyclic) bond motifs is 20. The van der Waals surface area contributed by atoms with Crippen LogP contribution in [0.15, 0.2) is 249 Å². The zero-order valence-electron chi connectivity index (χ0n) is 45.7. The molecule has 1 spiro atoms. The van der Waals surface area contributed by atoms with Crippen LogP contribution in [0.25, 0.3) is 117 Å². The number of hydrogen-bond acceptors (Lipinski definition) is 2. The van der Waals surface area contributed by atoms with E-state index in [9.17, 15) is 0 Å². The Morgan fingerprint density at radius 1 is 0.446 bits per heavy atom. The van der Waals surface area contributed by atoms with Crippen LogP contribution in [0.3, 0.4) is 0 Å². The Balaban J connectivity index is 0.00000565. The predicted octanol–water partition coefficient (Wildman–Crippen LogP) is 18.2. The normalized spacial score (nSPS) is 13.0. The first-order chi connectivity index (χ1) is 40.3. The van der Waals surface area contributed by atoms with E-state index in [0.29, 0.717) is 11.5 Å². The van der Waals surface area contributed by atoms with Crippen molar-refractivity contribution in [1.29, 1.82) is 0 Å². The molecule has 0 radical (unpaired) electrons. The van der Waals surface area contributed by atoms with Gasteiger partial charge >= 0.3 is 0 Å². The third-order valence-electron chi connectivity index (χ3n) is 17.6. The summed E-state index contributed by atoms with van der Waals surface area (Å²) in [7, 11) is 0. The number of nitrogens with zero attached hydrogens (tertiary/aromatic N) is 4. The van der Waals surface area contributed by atoms with E-state index in [2.05, 4.69) is 277 Å². The number of benzene rings is 11. The first-order valence-electron chi connectivity index (χ1n) is 28.2. The van der Waals surface area contributed by atoms with Gasteiger partial charge in [-0.25, -0.2) is 4.98 Å². The van der Waals surface area contributed by atoms with Gasteiger partial charge in [0, 0.05) is 44.3 Å². The van der Waals surface area contributed by atoms with Crippen molar-refractivity contribution in [3.63, 3.8) is 0 Å². The third kappa shape index (κ3) is 7.17. The van der Waals surface area contributed by atoms with Crippen molar-refractivity contribution in [2.75, 3.05) is 0 Å². The van der Waals surface area contributed by atoms with Gasteiger partial charge in [0.1, 0.15) is 5.82 Å². The fourth-order valence-electron chi connectivity index (χ4n) is 14.0. The minimum atomic E-state index is -0.410. The molecule has 0 amide bonds. The quantitative estimate of drug-likeness (QED) is 0.127. The van der Waals surface area contributed by atoms with Crippen LogP contribution in [-0.2, 0) is 31.9 Å². The Bertz CT molecular complexity index is 4990. The molecule has 83 heavy (non-hydrogen) atoms. The van der Waals surface area contributed by atoms with E-state index in [1.807, 2.05) is 24.4 Å². The van der Waals surface area contributed by atoms with Gasteiger partial charge < -0.3 is 13.9 Å². The fourth-order valence-corrected chi connectivity index (χ4v) is 14.0. The van der Waals surface area contributed by atoms with Crippen LogP contribution in [-0.4, -0.2) is 14.1 Å². The molecule has 11 aromatic carbocycles. The zero-order valence-corrected chi connectivity index (χ0v) is 48.0. The van der Waals surface area contributed by atoms with E-state index in [1.54, 1.807) is 0 Å². The molecule has 0 unspecified atom stereocenters. The van der Waals surface area contributed by atoms with Gasteiger partial charge in [0.25, 0.3) is 6.33 Å². The maximum absolute atomic E-state index is 6.80. The predicted molar refractivity (Wildman–Crippen MR) is 330 cm³/mol. The van der Waals surface area contributed by atoms with Crippen LogP contribution < -0.4 is 9.30 Å². The van der Waals surface area contributed by atoms with Crippen LogP contribution >= 0.6 is 0 Å². The Labute approximate surface area is 496 Å². The molecule has 17 rings (SSSR count). The molecule has 2 aliphatic carbocycles. The van der Waals surface area contributed by atoms with Crippen LogP contribution in [0.1, 0.15) is 48.6 Å². The van der Waals surface area contributed by atoms with Crippen LogP contribution in [0, 0.1) is 18.5 Å². The van der Waals surface area contributed by atoms with E-state index in [0.717, 1.165) is 83.4 Å². The molecule has 6 heteroatoms. The molecule has 5 nitrogen and oxygen atoms in total. The smallest absolute Gasteiger partial charge is 0.268 e. The summed E-state index contributed by atoms with van der Waals surface area (Å²) in [6.45, 7) is 6.70. The van der Waals surface area contributed by atoms with Crippen molar-refractivity contribution in [2.45, 2.75) is 31.6 Å². The average Bonchev–Trinajstić information content (AvgIpc) is 1.97. The van der Waals surface area contributed by atoms with Crippen molar-refractivity contribution >= 4 is 32.8 Å². The Morgan fingerprint density at radius 3 is 1.71 bits per heavy atom. The monoisotopic (exact) mass is 1240 g/mol. The number of aromatic nitrogens is 4. The molecule has 3 aromatic heterocycles. The summed E-state index contributed by atoms with van der Waals surface area (Å²) in [5.74, 6) is 1.99. The molecule has 0 fully saturated rings. The molecule has 4 heterocycles. The zero-order chi connectivity index (χ0) is 54.4. The van der Waals surface area contributed by atoms with Gasteiger partial charge in [0.2, 0.25) is 0 Å². The first kappa shape index (κ1) is 49.2. The first-order valence-corrected chi connectivity index (χ1v) is 28.2. The van der Waals surface area contributed by atoms with Crippen molar-refractivity contribution in [1.82, 2.24) is 14.1 Å². The Morgan fingerprint density at radius 2 is 1.00 bits per heavy atom. The van der Waals surface area contributed by atoms with Gasteiger partial charge in [0.05, 0.1) is 22.1 Å². The van der Waals surface area contributed by atoms with Crippen molar-refractivity contribution in [3.8, 4) is 95.5 Å². The van der Waals surface area contributed by atoms with Gasteiger partial charge in [0.15, 0.2) is 0 Å². The van der Waals surface area contributed by atoms with E-state index in [1.165, 1.54) is 61.2 Å². The summed E-state index contributed by atoms with van der Waals surface area (Å²) in [6, 6.07) is 95.9. The summed E-state index contributed by atoms with van der Waals surface area (Å²) in [5, 5.41) is 2.21. The van der Waals surface area contributed by atoms with Gasteiger partial charge in [-0.2, -0.15) is 18.2 Å². The SMILES string of the molecule is CC(C)(C)c1ccnc(-n2c3[c-]c(Oc4[c-]c(-n5[c-][n+]6c7c(cccc75)-c5ccccc5-c5ccccc5-c5ccc(-c7ccc8c(c7)-c7ccccc7C87c8ccccc8-c8ccccc87)cc5-6)ccc4)ccc3c3ccccc32)c1.[Pt]. The topological polar surface area (TPSA) is 35.9 Å². The van der Waals surface area contributed by atoms with Crippen molar-refractivity contribution in [3.05, 3.63) is 295 Å². The van der Waals surface area contributed by atoms with E-state index in [4.69, 9.17) is 9.72 Å². The molecule has 0 N–H and O–H groups in total. The Hall–Kier alpha value is -9.67. The summed E-state index contributed by atoms with van der Waals surface area (Å²) >= 11 is 0. The average molecular weight is 1240 g/mol. The van der Waals surface area contributed by atoms with Gasteiger partial charge in [-0.3, -0.25) is 4.57 Å². The fraction of sp³-hybridized carbons (Fsp3) is 0.0649. The minimum absolute atomic E-state index is 0. The number of pyridine rings is 1. The number of ether oxygens (including phenoxy) is 1. The molecule has 0 saturated carbocycles. The third-order valence-corrected chi connectivity index (χ3v) is 17.6.